The van der Waals surface area contributed by atoms with Crippen molar-refractivity contribution in [1.82, 2.24) is 4.98 Å². The number of nitrogens with zero attached hydrogens (tertiary/aromatic N) is 3. The van der Waals surface area contributed by atoms with Crippen molar-refractivity contribution in [2.75, 3.05) is 24.4 Å². The zero-order valence-corrected chi connectivity index (χ0v) is 14.7. The summed E-state index contributed by atoms with van der Waals surface area (Å²) in [6.45, 7) is 1.96. The maximum absolute atomic E-state index is 6.13. The van der Waals surface area contributed by atoms with Crippen molar-refractivity contribution < 1.29 is 0 Å². The van der Waals surface area contributed by atoms with Crippen LogP contribution in [0.4, 0.5) is 11.5 Å². The third-order valence-electron chi connectivity index (χ3n) is 3.86. The van der Waals surface area contributed by atoms with Gasteiger partial charge in [0, 0.05) is 35.8 Å². The number of halogens is 1. The van der Waals surface area contributed by atoms with E-state index in [2.05, 4.69) is 21.5 Å². The zero-order chi connectivity index (χ0) is 17.1. The predicted octanol–water partition coefficient (Wildman–Crippen LogP) is 4.79. The topological polar surface area (TPSA) is 40.5 Å². The number of hydrazone groups is 1. The van der Waals surface area contributed by atoms with Crippen molar-refractivity contribution in [3.05, 3.63) is 65.2 Å². The van der Waals surface area contributed by atoms with E-state index in [1.54, 1.807) is 5.01 Å². The summed E-state index contributed by atoms with van der Waals surface area (Å²) in [7, 11) is 3.78. The van der Waals surface area contributed by atoms with E-state index in [-0.39, 0.29) is 0 Å². The number of rotatable bonds is 4. The molecule has 1 N–H and O–H groups in total. The Bertz CT molecular complexity index is 905. The molecular weight excluding hydrogens is 320 g/mol. The van der Waals surface area contributed by atoms with Crippen LogP contribution in [0.1, 0.15) is 12.5 Å². The van der Waals surface area contributed by atoms with Crippen molar-refractivity contribution in [3.8, 4) is 0 Å². The first kappa shape index (κ1) is 16.3. The minimum atomic E-state index is 0.685. The Hall–Kier alpha value is -2.59. The normalized spacial score (nSPS) is 11.6. The number of hydrogen-bond acceptors (Lipinski definition) is 4. The molecule has 0 saturated carbocycles. The van der Waals surface area contributed by atoms with E-state index in [9.17, 15) is 0 Å². The standard InChI is InChI=1S/C19H19ClN4/c1-13(16-12-15(20)9-10-18(16)21-2)23-24(3)19-11-8-14-6-4-5-7-17(14)22-19/h4-12,21H,1-3H3/b23-13+. The molecule has 0 aliphatic carbocycles. The van der Waals surface area contributed by atoms with Gasteiger partial charge in [0.2, 0.25) is 0 Å². The second-order valence-electron chi connectivity index (χ2n) is 5.51. The summed E-state index contributed by atoms with van der Waals surface area (Å²) in [6.07, 6.45) is 0. The molecule has 0 aliphatic rings. The lowest BCUT2D eigenvalue weighted by atomic mass is 10.1. The highest BCUT2D eigenvalue weighted by atomic mass is 35.5. The van der Waals surface area contributed by atoms with E-state index < -0.39 is 0 Å². The van der Waals surface area contributed by atoms with E-state index in [0.29, 0.717) is 5.02 Å². The van der Waals surface area contributed by atoms with Crippen molar-refractivity contribution in [2.24, 2.45) is 5.10 Å². The van der Waals surface area contributed by atoms with Crippen LogP contribution < -0.4 is 10.3 Å². The highest BCUT2D eigenvalue weighted by Crippen LogP contribution is 2.22. The van der Waals surface area contributed by atoms with Crippen LogP contribution in [0, 0.1) is 0 Å². The molecule has 0 spiro atoms. The molecule has 0 saturated heterocycles. The van der Waals surface area contributed by atoms with Crippen molar-refractivity contribution in [1.29, 1.82) is 0 Å². The van der Waals surface area contributed by atoms with Gasteiger partial charge >= 0.3 is 0 Å². The number of para-hydroxylation sites is 1. The summed E-state index contributed by atoms with van der Waals surface area (Å²) in [5.74, 6) is 0.793. The third kappa shape index (κ3) is 3.34. The van der Waals surface area contributed by atoms with Gasteiger partial charge in [-0.2, -0.15) is 5.10 Å². The largest absolute Gasteiger partial charge is 0.388 e. The van der Waals surface area contributed by atoms with Gasteiger partial charge in [0.25, 0.3) is 0 Å². The van der Waals surface area contributed by atoms with E-state index in [1.807, 2.05) is 69.6 Å². The van der Waals surface area contributed by atoms with Crippen LogP contribution >= 0.6 is 11.6 Å². The first-order valence-corrected chi connectivity index (χ1v) is 8.08. The lowest BCUT2D eigenvalue weighted by Crippen LogP contribution is -2.14. The van der Waals surface area contributed by atoms with Crippen LogP contribution in [0.25, 0.3) is 10.9 Å². The Morgan fingerprint density at radius 2 is 1.92 bits per heavy atom. The molecular formula is C19H19ClN4. The molecule has 0 unspecified atom stereocenters. The number of pyridine rings is 1. The first-order valence-electron chi connectivity index (χ1n) is 7.71. The highest BCUT2D eigenvalue weighted by molar-refractivity contribution is 6.31. The summed E-state index contributed by atoms with van der Waals surface area (Å²) in [4.78, 5) is 4.66. The number of benzene rings is 2. The second kappa shape index (κ2) is 6.89. The zero-order valence-electron chi connectivity index (χ0n) is 13.9. The molecule has 0 amide bonds. The molecule has 0 bridgehead atoms. The van der Waals surface area contributed by atoms with Gasteiger partial charge in [-0.3, -0.25) is 5.01 Å². The number of hydrogen-bond donors (Lipinski definition) is 1. The Labute approximate surface area is 146 Å². The molecule has 4 nitrogen and oxygen atoms in total. The van der Waals surface area contributed by atoms with Gasteiger partial charge in [-0.1, -0.05) is 29.8 Å². The quantitative estimate of drug-likeness (QED) is 0.549. The summed E-state index contributed by atoms with van der Waals surface area (Å²) in [5, 5.41) is 11.4. The number of aromatic nitrogens is 1. The Kier molecular flexibility index (Phi) is 4.67. The molecule has 122 valence electrons. The highest BCUT2D eigenvalue weighted by Gasteiger charge is 2.08. The Morgan fingerprint density at radius 3 is 2.71 bits per heavy atom. The Balaban J connectivity index is 1.95. The average molecular weight is 339 g/mol. The Morgan fingerprint density at radius 1 is 1.12 bits per heavy atom. The second-order valence-corrected chi connectivity index (χ2v) is 5.95. The summed E-state index contributed by atoms with van der Waals surface area (Å²) in [5.41, 5.74) is 3.77. The molecule has 1 aromatic heterocycles. The van der Waals surface area contributed by atoms with Gasteiger partial charge < -0.3 is 5.32 Å². The molecule has 1 heterocycles. The molecule has 2 aromatic carbocycles. The van der Waals surface area contributed by atoms with Gasteiger partial charge in [-0.15, -0.1) is 0 Å². The number of anilines is 2. The predicted molar refractivity (Wildman–Crippen MR) is 103 cm³/mol. The fourth-order valence-electron chi connectivity index (χ4n) is 2.60. The molecule has 24 heavy (non-hydrogen) atoms. The summed E-state index contributed by atoms with van der Waals surface area (Å²) < 4.78 is 0. The fourth-order valence-corrected chi connectivity index (χ4v) is 2.77. The summed E-state index contributed by atoms with van der Waals surface area (Å²) >= 11 is 6.13. The van der Waals surface area contributed by atoms with Gasteiger partial charge in [-0.05, 0) is 43.3 Å². The van der Waals surface area contributed by atoms with Gasteiger partial charge in [-0.25, -0.2) is 4.98 Å². The molecule has 0 aliphatic heterocycles. The smallest absolute Gasteiger partial charge is 0.149 e. The number of nitrogens with one attached hydrogen (secondary N) is 1. The SMILES string of the molecule is CNc1ccc(Cl)cc1/C(C)=N/N(C)c1ccc2ccccc2n1. The number of fused-ring (bicyclic) bond motifs is 1. The van der Waals surface area contributed by atoms with Gasteiger partial charge in [0.1, 0.15) is 5.82 Å². The molecule has 0 fully saturated rings. The molecule has 0 atom stereocenters. The average Bonchev–Trinajstić information content (AvgIpc) is 2.61. The fraction of sp³-hybridized carbons (Fsp3) is 0.158. The van der Waals surface area contributed by atoms with Crippen LogP contribution in [-0.4, -0.2) is 24.8 Å². The monoisotopic (exact) mass is 338 g/mol. The van der Waals surface area contributed by atoms with Crippen LogP contribution in [0.3, 0.4) is 0 Å². The first-order chi connectivity index (χ1) is 11.6. The molecule has 3 rings (SSSR count). The minimum absolute atomic E-state index is 0.685. The maximum Gasteiger partial charge on any atom is 0.149 e. The van der Waals surface area contributed by atoms with Crippen molar-refractivity contribution in [3.63, 3.8) is 0 Å². The lowest BCUT2D eigenvalue weighted by molar-refractivity contribution is 0.983. The van der Waals surface area contributed by atoms with E-state index >= 15 is 0 Å². The minimum Gasteiger partial charge on any atom is -0.388 e. The maximum atomic E-state index is 6.13. The van der Waals surface area contributed by atoms with E-state index in [4.69, 9.17) is 11.6 Å². The van der Waals surface area contributed by atoms with Crippen LogP contribution in [0.2, 0.25) is 5.02 Å². The van der Waals surface area contributed by atoms with Gasteiger partial charge in [0.05, 0.1) is 11.2 Å². The van der Waals surface area contributed by atoms with E-state index in [1.165, 1.54) is 0 Å². The van der Waals surface area contributed by atoms with Crippen LogP contribution in [-0.2, 0) is 0 Å². The van der Waals surface area contributed by atoms with Gasteiger partial charge in [0.15, 0.2) is 0 Å². The van der Waals surface area contributed by atoms with Crippen molar-refractivity contribution in [2.45, 2.75) is 6.92 Å². The van der Waals surface area contributed by atoms with Crippen molar-refractivity contribution >= 4 is 39.7 Å². The molecule has 0 radical (unpaired) electrons. The third-order valence-corrected chi connectivity index (χ3v) is 4.09. The van der Waals surface area contributed by atoms with Crippen LogP contribution in [0.5, 0.6) is 0 Å². The lowest BCUT2D eigenvalue weighted by Gasteiger charge is -2.16. The summed E-state index contributed by atoms with van der Waals surface area (Å²) in [6, 6.07) is 17.8. The van der Waals surface area contributed by atoms with E-state index in [0.717, 1.165) is 33.7 Å². The molecule has 5 heteroatoms. The van der Waals surface area contributed by atoms with Crippen LogP contribution in [0.15, 0.2) is 59.7 Å². The molecule has 3 aromatic rings.